The third-order valence-corrected chi connectivity index (χ3v) is 2.65. The topological polar surface area (TPSA) is 41.6 Å². The second kappa shape index (κ2) is 4.94. The first-order chi connectivity index (χ1) is 6.96. The molecule has 0 bridgehead atoms. The van der Waals surface area contributed by atoms with Crippen LogP contribution in [0.1, 0.15) is 27.2 Å². The van der Waals surface area contributed by atoms with Crippen LogP contribution in [0.2, 0.25) is 0 Å². The van der Waals surface area contributed by atoms with Gasteiger partial charge in [-0.05, 0) is 27.2 Å². The van der Waals surface area contributed by atoms with Crippen molar-refractivity contribution in [3.8, 4) is 0 Å². The molecule has 1 heterocycles. The molecule has 1 aliphatic rings. The number of ether oxygens (including phenoxy) is 1. The van der Waals surface area contributed by atoms with E-state index in [4.69, 9.17) is 4.74 Å². The largest absolute Gasteiger partial charge is 0.385 e. The van der Waals surface area contributed by atoms with Crippen molar-refractivity contribution in [1.29, 1.82) is 0 Å². The number of hydrogen-bond donors (Lipinski definition) is 1. The van der Waals surface area contributed by atoms with Gasteiger partial charge in [0.15, 0.2) is 0 Å². The Labute approximate surface area is 92.0 Å². The normalized spacial score (nSPS) is 25.7. The Morgan fingerprint density at radius 2 is 2.27 bits per heavy atom. The minimum Gasteiger partial charge on any atom is -0.385 e. The summed E-state index contributed by atoms with van der Waals surface area (Å²) in [5.74, 6) is 0.199. The molecule has 1 saturated heterocycles. The van der Waals surface area contributed by atoms with E-state index in [9.17, 15) is 4.79 Å². The lowest BCUT2D eigenvalue weighted by molar-refractivity contribution is -0.138. The zero-order chi connectivity index (χ0) is 11.5. The highest BCUT2D eigenvalue weighted by atomic mass is 16.5. The molecule has 1 N–H and O–H groups in total. The van der Waals surface area contributed by atoms with Crippen molar-refractivity contribution >= 4 is 5.91 Å². The first kappa shape index (κ1) is 12.5. The number of carbonyl (C=O) groups is 1. The van der Waals surface area contributed by atoms with E-state index in [1.807, 2.05) is 11.8 Å². The summed E-state index contributed by atoms with van der Waals surface area (Å²) in [5.41, 5.74) is 0.0143. The summed E-state index contributed by atoms with van der Waals surface area (Å²) < 4.78 is 4.99. The Bertz CT molecular complexity index is 229. The molecule has 0 saturated carbocycles. The number of nitrogens with one attached hydrogen (secondary N) is 1. The van der Waals surface area contributed by atoms with Crippen molar-refractivity contribution in [3.63, 3.8) is 0 Å². The van der Waals surface area contributed by atoms with Crippen molar-refractivity contribution < 1.29 is 9.53 Å². The number of hydrogen-bond acceptors (Lipinski definition) is 3. The molecule has 1 unspecified atom stereocenters. The van der Waals surface area contributed by atoms with Crippen molar-refractivity contribution in [1.82, 2.24) is 10.2 Å². The van der Waals surface area contributed by atoms with Gasteiger partial charge in [0.25, 0.3) is 0 Å². The van der Waals surface area contributed by atoms with Gasteiger partial charge in [0.1, 0.15) is 0 Å². The minimum atomic E-state index is -0.0729. The maximum Gasteiger partial charge on any atom is 0.239 e. The van der Waals surface area contributed by atoms with Crippen LogP contribution in [0.4, 0.5) is 0 Å². The summed E-state index contributed by atoms with van der Waals surface area (Å²) in [7, 11) is 1.69. The van der Waals surface area contributed by atoms with E-state index >= 15 is 0 Å². The minimum absolute atomic E-state index is 0.0143. The molecule has 1 rings (SSSR count). The summed E-state index contributed by atoms with van der Waals surface area (Å²) in [6.07, 6.45) is 0.908. The SMILES string of the molecule is COCCCN1CC(C)(C)NC(C)C1=O. The summed E-state index contributed by atoms with van der Waals surface area (Å²) in [6, 6.07) is -0.0729. The second-order valence-electron chi connectivity index (χ2n) is 4.86. The summed E-state index contributed by atoms with van der Waals surface area (Å²) >= 11 is 0. The Balaban J connectivity index is 2.50. The molecule has 0 spiro atoms. The fourth-order valence-corrected chi connectivity index (χ4v) is 2.11. The van der Waals surface area contributed by atoms with Crippen molar-refractivity contribution in [2.75, 3.05) is 26.8 Å². The molecule has 0 aliphatic carbocycles. The molecule has 1 atom stereocenters. The highest BCUT2D eigenvalue weighted by Gasteiger charge is 2.34. The van der Waals surface area contributed by atoms with E-state index in [0.717, 1.165) is 19.5 Å². The molecular weight excluding hydrogens is 192 g/mol. The van der Waals surface area contributed by atoms with Gasteiger partial charge >= 0.3 is 0 Å². The molecular formula is C11H22N2O2. The van der Waals surface area contributed by atoms with Crippen LogP contribution in [0.5, 0.6) is 0 Å². The van der Waals surface area contributed by atoms with Gasteiger partial charge in [0.2, 0.25) is 5.91 Å². The van der Waals surface area contributed by atoms with E-state index in [1.54, 1.807) is 7.11 Å². The molecule has 1 fully saturated rings. The van der Waals surface area contributed by atoms with Crippen molar-refractivity contribution in [3.05, 3.63) is 0 Å². The van der Waals surface area contributed by atoms with Crippen molar-refractivity contribution in [2.45, 2.75) is 38.8 Å². The zero-order valence-corrected chi connectivity index (χ0v) is 10.2. The Morgan fingerprint density at radius 1 is 1.60 bits per heavy atom. The van der Waals surface area contributed by atoms with Crippen LogP contribution >= 0.6 is 0 Å². The van der Waals surface area contributed by atoms with Gasteiger partial charge in [0.05, 0.1) is 6.04 Å². The van der Waals surface area contributed by atoms with Gasteiger partial charge < -0.3 is 9.64 Å². The van der Waals surface area contributed by atoms with Crippen LogP contribution < -0.4 is 5.32 Å². The van der Waals surface area contributed by atoms with Crippen LogP contribution in [-0.2, 0) is 9.53 Å². The maximum absolute atomic E-state index is 11.8. The fourth-order valence-electron chi connectivity index (χ4n) is 2.11. The molecule has 0 radical (unpaired) electrons. The first-order valence-electron chi connectivity index (χ1n) is 5.52. The Kier molecular flexibility index (Phi) is 4.11. The Morgan fingerprint density at radius 3 is 2.87 bits per heavy atom. The van der Waals surface area contributed by atoms with Gasteiger partial charge in [-0.3, -0.25) is 10.1 Å². The first-order valence-corrected chi connectivity index (χ1v) is 5.52. The highest BCUT2D eigenvalue weighted by Crippen LogP contribution is 2.15. The molecule has 4 nitrogen and oxygen atoms in total. The third-order valence-electron chi connectivity index (χ3n) is 2.65. The number of nitrogens with zero attached hydrogens (tertiary/aromatic N) is 1. The second-order valence-corrected chi connectivity index (χ2v) is 4.86. The predicted molar refractivity (Wildman–Crippen MR) is 59.7 cm³/mol. The molecule has 15 heavy (non-hydrogen) atoms. The summed E-state index contributed by atoms with van der Waals surface area (Å²) in [4.78, 5) is 13.8. The van der Waals surface area contributed by atoms with E-state index < -0.39 is 0 Å². The van der Waals surface area contributed by atoms with Crippen LogP contribution in [0.3, 0.4) is 0 Å². The number of methoxy groups -OCH3 is 1. The monoisotopic (exact) mass is 214 g/mol. The molecule has 4 heteroatoms. The smallest absolute Gasteiger partial charge is 0.239 e. The van der Waals surface area contributed by atoms with Gasteiger partial charge in [-0.25, -0.2) is 0 Å². The standard InChI is InChI=1S/C11H22N2O2/c1-9-10(14)13(6-5-7-15-4)8-11(2,3)12-9/h9,12H,5-8H2,1-4H3. The van der Waals surface area contributed by atoms with Crippen molar-refractivity contribution in [2.24, 2.45) is 0 Å². The average molecular weight is 214 g/mol. The number of rotatable bonds is 4. The van der Waals surface area contributed by atoms with E-state index in [-0.39, 0.29) is 17.5 Å². The lowest BCUT2D eigenvalue weighted by atomic mass is 9.98. The third kappa shape index (κ3) is 3.47. The highest BCUT2D eigenvalue weighted by molar-refractivity contribution is 5.82. The van der Waals surface area contributed by atoms with E-state index in [1.165, 1.54) is 0 Å². The van der Waals surface area contributed by atoms with Crippen LogP contribution in [-0.4, -0.2) is 49.2 Å². The summed E-state index contributed by atoms with van der Waals surface area (Å²) in [6.45, 7) is 8.46. The molecule has 88 valence electrons. The Hall–Kier alpha value is -0.610. The lowest BCUT2D eigenvalue weighted by Crippen LogP contribution is -2.64. The van der Waals surface area contributed by atoms with Crippen LogP contribution in [0.25, 0.3) is 0 Å². The molecule has 0 aromatic rings. The molecule has 0 aromatic carbocycles. The van der Waals surface area contributed by atoms with Gasteiger partial charge in [-0.15, -0.1) is 0 Å². The number of amides is 1. The maximum atomic E-state index is 11.8. The van der Waals surface area contributed by atoms with E-state index in [0.29, 0.717) is 6.61 Å². The molecule has 0 aromatic heterocycles. The predicted octanol–water partition coefficient (Wildman–Crippen LogP) is 0.622. The van der Waals surface area contributed by atoms with Gasteiger partial charge in [-0.2, -0.15) is 0 Å². The fraction of sp³-hybridized carbons (Fsp3) is 0.909. The lowest BCUT2D eigenvalue weighted by Gasteiger charge is -2.42. The van der Waals surface area contributed by atoms with Crippen LogP contribution in [0, 0.1) is 0 Å². The number of carbonyl (C=O) groups excluding carboxylic acids is 1. The van der Waals surface area contributed by atoms with Crippen LogP contribution in [0.15, 0.2) is 0 Å². The van der Waals surface area contributed by atoms with Gasteiger partial charge in [-0.1, -0.05) is 0 Å². The quantitative estimate of drug-likeness (QED) is 0.698. The molecule has 1 aliphatic heterocycles. The average Bonchev–Trinajstić information content (AvgIpc) is 2.12. The number of piperazine rings is 1. The van der Waals surface area contributed by atoms with E-state index in [2.05, 4.69) is 19.2 Å². The summed E-state index contributed by atoms with van der Waals surface area (Å²) in [5, 5.41) is 3.30. The van der Waals surface area contributed by atoms with Gasteiger partial charge in [0, 0.05) is 32.3 Å². The molecule has 1 amide bonds. The zero-order valence-electron chi connectivity index (χ0n) is 10.2.